The molecule has 0 unspecified atom stereocenters. The summed E-state index contributed by atoms with van der Waals surface area (Å²) in [6.45, 7) is 0. The number of halogens is 4. The fourth-order valence-corrected chi connectivity index (χ4v) is 0.825. The van der Waals surface area contributed by atoms with Crippen LogP contribution in [0.4, 0.5) is 13.2 Å². The topological polar surface area (TPSA) is 36.7 Å². The average Bonchev–Trinajstić information content (AvgIpc) is 2.03. The molecule has 0 N–H and O–H groups in total. The lowest BCUT2D eigenvalue weighted by atomic mass is 10.2. The van der Waals surface area contributed by atoms with Gasteiger partial charge in [0.15, 0.2) is 0 Å². The lowest BCUT2D eigenvalue weighted by Crippen LogP contribution is -2.07. The van der Waals surface area contributed by atoms with Gasteiger partial charge in [-0.25, -0.2) is 0 Å². The third kappa shape index (κ3) is 2.10. The molecule has 1 heterocycles. The van der Waals surface area contributed by atoms with E-state index in [0.29, 0.717) is 6.07 Å². The lowest BCUT2D eigenvalue weighted by molar-refractivity contribution is -0.141. The highest BCUT2D eigenvalue weighted by molar-refractivity contribution is 6.31. The molecule has 0 aliphatic rings. The molecule has 0 atom stereocenters. The summed E-state index contributed by atoms with van der Waals surface area (Å²) >= 11 is 5.39. The zero-order valence-corrected chi connectivity index (χ0v) is 6.82. The van der Waals surface area contributed by atoms with Crippen molar-refractivity contribution < 1.29 is 13.2 Å². The molecule has 0 aliphatic heterocycles. The van der Waals surface area contributed by atoms with Crippen LogP contribution in [0.2, 0.25) is 5.02 Å². The average molecular weight is 207 g/mol. The number of alkyl halides is 3. The predicted octanol–water partition coefficient (Wildman–Crippen LogP) is 2.63. The Morgan fingerprint density at radius 2 is 2.08 bits per heavy atom. The summed E-state index contributed by atoms with van der Waals surface area (Å²) in [6, 6.07) is 2.15. The molecule has 1 rings (SSSR count). The van der Waals surface area contributed by atoms with E-state index in [4.69, 9.17) is 16.9 Å². The summed E-state index contributed by atoms with van der Waals surface area (Å²) in [5.74, 6) is 0. The van der Waals surface area contributed by atoms with Crippen molar-refractivity contribution in [3.63, 3.8) is 0 Å². The number of hydrogen-bond acceptors (Lipinski definition) is 2. The van der Waals surface area contributed by atoms with Crippen molar-refractivity contribution in [1.29, 1.82) is 5.26 Å². The summed E-state index contributed by atoms with van der Waals surface area (Å²) in [5.41, 5.74) is -1.35. The Labute approximate surface area is 76.6 Å². The first-order valence-electron chi connectivity index (χ1n) is 3.08. The van der Waals surface area contributed by atoms with Crippen LogP contribution in [-0.4, -0.2) is 4.98 Å². The maximum Gasteiger partial charge on any atom is 0.433 e. The van der Waals surface area contributed by atoms with Gasteiger partial charge >= 0.3 is 6.18 Å². The number of rotatable bonds is 0. The van der Waals surface area contributed by atoms with Crippen molar-refractivity contribution in [3.05, 3.63) is 28.5 Å². The van der Waals surface area contributed by atoms with Crippen molar-refractivity contribution in [2.75, 3.05) is 0 Å². The van der Waals surface area contributed by atoms with Gasteiger partial charge in [-0.05, 0) is 6.07 Å². The molecule has 0 spiro atoms. The summed E-state index contributed by atoms with van der Waals surface area (Å²) in [5, 5.41) is 8.29. The molecule has 0 aromatic carbocycles. The van der Waals surface area contributed by atoms with Crippen molar-refractivity contribution in [2.24, 2.45) is 0 Å². The first-order valence-corrected chi connectivity index (χ1v) is 3.46. The van der Waals surface area contributed by atoms with Crippen LogP contribution < -0.4 is 0 Å². The van der Waals surface area contributed by atoms with Crippen LogP contribution in [0.3, 0.4) is 0 Å². The van der Waals surface area contributed by atoms with Crippen LogP contribution in [0.1, 0.15) is 11.3 Å². The predicted molar refractivity (Wildman–Crippen MR) is 39.0 cm³/mol. The Morgan fingerprint density at radius 3 is 2.54 bits per heavy atom. The molecule has 1 aromatic heterocycles. The van der Waals surface area contributed by atoms with Crippen molar-refractivity contribution in [1.82, 2.24) is 4.98 Å². The normalized spacial score (nSPS) is 11.0. The van der Waals surface area contributed by atoms with Gasteiger partial charge in [0.25, 0.3) is 0 Å². The lowest BCUT2D eigenvalue weighted by Gasteiger charge is -2.05. The standard InChI is InChI=1S/C7H2ClF3N2/c8-5-3-13-6(7(9,10)11)1-4(5)2-12/h1,3H. The Morgan fingerprint density at radius 1 is 1.46 bits per heavy atom. The van der Waals surface area contributed by atoms with Crippen molar-refractivity contribution in [3.8, 4) is 6.07 Å². The molecule has 0 aliphatic carbocycles. The Bertz CT molecular complexity index is 367. The minimum atomic E-state index is -4.55. The summed E-state index contributed by atoms with van der Waals surface area (Å²) in [6.07, 6.45) is -3.74. The van der Waals surface area contributed by atoms with Gasteiger partial charge in [0.2, 0.25) is 0 Å². The Balaban J connectivity index is 3.24. The maximum atomic E-state index is 12.0. The zero-order valence-electron chi connectivity index (χ0n) is 6.06. The summed E-state index contributed by atoms with van der Waals surface area (Å²) in [7, 11) is 0. The van der Waals surface area contributed by atoms with E-state index >= 15 is 0 Å². The minimum absolute atomic E-state index is 0.0875. The van der Waals surface area contributed by atoms with Gasteiger partial charge in [0, 0.05) is 6.20 Å². The van der Waals surface area contributed by atoms with E-state index in [1.165, 1.54) is 6.07 Å². The van der Waals surface area contributed by atoms with E-state index in [9.17, 15) is 13.2 Å². The Kier molecular flexibility index (Phi) is 2.43. The highest BCUT2D eigenvalue weighted by Gasteiger charge is 2.32. The Hall–Kier alpha value is -1.28. The second kappa shape index (κ2) is 3.23. The zero-order chi connectivity index (χ0) is 10.1. The molecular formula is C7H2ClF3N2. The van der Waals surface area contributed by atoms with Gasteiger partial charge in [-0.1, -0.05) is 11.6 Å². The fraction of sp³-hybridized carbons (Fsp3) is 0.143. The molecule has 1 aromatic rings. The van der Waals surface area contributed by atoms with Crippen LogP contribution in [0.15, 0.2) is 12.3 Å². The fourth-order valence-electron chi connectivity index (χ4n) is 0.679. The van der Waals surface area contributed by atoms with Gasteiger partial charge in [-0.15, -0.1) is 0 Å². The summed E-state index contributed by atoms with van der Waals surface area (Å²) < 4.78 is 36.1. The van der Waals surface area contributed by atoms with E-state index in [2.05, 4.69) is 4.98 Å². The molecule has 2 nitrogen and oxygen atoms in total. The molecular weight excluding hydrogens is 205 g/mol. The van der Waals surface area contributed by atoms with Gasteiger partial charge in [-0.2, -0.15) is 18.4 Å². The monoisotopic (exact) mass is 206 g/mol. The number of hydrogen-bond donors (Lipinski definition) is 0. The second-order valence-electron chi connectivity index (χ2n) is 2.16. The first kappa shape index (κ1) is 9.81. The van der Waals surface area contributed by atoms with Crippen LogP contribution in [0.25, 0.3) is 0 Å². The summed E-state index contributed by atoms with van der Waals surface area (Å²) in [4.78, 5) is 3.05. The van der Waals surface area contributed by atoms with Gasteiger partial charge in [0.05, 0.1) is 10.6 Å². The molecule has 0 bridgehead atoms. The number of pyridine rings is 1. The molecule has 0 radical (unpaired) electrons. The second-order valence-corrected chi connectivity index (χ2v) is 2.57. The van der Waals surface area contributed by atoms with E-state index in [-0.39, 0.29) is 10.6 Å². The van der Waals surface area contributed by atoms with Gasteiger partial charge in [0.1, 0.15) is 11.8 Å². The smallest absolute Gasteiger partial charge is 0.250 e. The molecule has 0 saturated carbocycles. The number of nitriles is 1. The molecule has 0 saturated heterocycles. The van der Waals surface area contributed by atoms with Crippen molar-refractivity contribution in [2.45, 2.75) is 6.18 Å². The third-order valence-electron chi connectivity index (χ3n) is 1.27. The SMILES string of the molecule is N#Cc1cc(C(F)(F)F)ncc1Cl. The molecule has 13 heavy (non-hydrogen) atoms. The first-order chi connectivity index (χ1) is 5.95. The van der Waals surface area contributed by atoms with Crippen LogP contribution in [0, 0.1) is 11.3 Å². The molecule has 0 amide bonds. The van der Waals surface area contributed by atoms with E-state index in [1.54, 1.807) is 0 Å². The van der Waals surface area contributed by atoms with Crippen LogP contribution >= 0.6 is 11.6 Å². The maximum absolute atomic E-state index is 12.0. The highest BCUT2D eigenvalue weighted by atomic mass is 35.5. The van der Waals surface area contributed by atoms with Crippen molar-refractivity contribution >= 4 is 11.6 Å². The largest absolute Gasteiger partial charge is 0.433 e. The molecule has 0 fully saturated rings. The van der Waals surface area contributed by atoms with E-state index in [1.807, 2.05) is 0 Å². The van der Waals surface area contributed by atoms with Crippen LogP contribution in [-0.2, 0) is 6.18 Å². The van der Waals surface area contributed by atoms with Crippen LogP contribution in [0.5, 0.6) is 0 Å². The molecule has 6 heteroatoms. The quantitative estimate of drug-likeness (QED) is 0.654. The minimum Gasteiger partial charge on any atom is -0.250 e. The van der Waals surface area contributed by atoms with E-state index < -0.39 is 11.9 Å². The van der Waals surface area contributed by atoms with E-state index in [0.717, 1.165) is 6.20 Å². The highest BCUT2D eigenvalue weighted by Crippen LogP contribution is 2.29. The van der Waals surface area contributed by atoms with Gasteiger partial charge < -0.3 is 0 Å². The molecule has 68 valence electrons. The number of nitrogens with zero attached hydrogens (tertiary/aromatic N) is 2. The van der Waals surface area contributed by atoms with Gasteiger partial charge in [-0.3, -0.25) is 4.98 Å². The number of aromatic nitrogens is 1. The third-order valence-corrected chi connectivity index (χ3v) is 1.57.